The summed E-state index contributed by atoms with van der Waals surface area (Å²) in [6, 6.07) is 6.28. The van der Waals surface area contributed by atoms with Crippen LogP contribution in [0.4, 0.5) is 20.2 Å². The molecular weight excluding hydrogens is 531 g/mol. The van der Waals surface area contributed by atoms with Crippen LogP contribution in [0.15, 0.2) is 42.7 Å². The maximum atomic E-state index is 14.8. The molecule has 9 nitrogen and oxygen atoms in total. The molecule has 0 unspecified atom stereocenters. The number of nitrogens with zero attached hydrogens (tertiary/aromatic N) is 3. The molecule has 0 saturated carbocycles. The van der Waals surface area contributed by atoms with Crippen molar-refractivity contribution in [2.45, 2.75) is 23.9 Å². The van der Waals surface area contributed by atoms with Crippen LogP contribution >= 0.6 is 23.2 Å². The third-order valence-electron chi connectivity index (χ3n) is 7.36. The lowest BCUT2D eigenvalue weighted by Gasteiger charge is -2.35. The predicted molar refractivity (Wildman–Crippen MR) is 130 cm³/mol. The highest BCUT2D eigenvalue weighted by Crippen LogP contribution is 2.61. The Bertz CT molecular complexity index is 1520. The van der Waals surface area contributed by atoms with Crippen molar-refractivity contribution >= 4 is 63.4 Å². The number of para-hydroxylation sites is 1. The maximum absolute atomic E-state index is 14.8. The van der Waals surface area contributed by atoms with Crippen molar-refractivity contribution in [3.63, 3.8) is 0 Å². The van der Waals surface area contributed by atoms with Crippen LogP contribution in [0, 0.1) is 11.8 Å². The second-order valence-corrected chi connectivity index (χ2v) is 10.2. The van der Waals surface area contributed by atoms with Gasteiger partial charge in [-0.1, -0.05) is 29.3 Å². The van der Waals surface area contributed by atoms with E-state index in [1.165, 1.54) is 24.5 Å². The molecule has 2 saturated heterocycles. The predicted octanol–water partition coefficient (Wildman–Crippen LogP) is 3.76. The van der Waals surface area contributed by atoms with Crippen molar-refractivity contribution in [3.8, 4) is 0 Å². The number of carbonyl (C=O) groups is 3. The van der Waals surface area contributed by atoms with Crippen molar-refractivity contribution in [1.29, 1.82) is 0 Å². The molecule has 2 fully saturated rings. The molecule has 3 aliphatic heterocycles. The lowest BCUT2D eigenvalue weighted by atomic mass is 9.73. The largest absolute Gasteiger partial charge is 0.481 e. The van der Waals surface area contributed by atoms with Crippen LogP contribution in [0.5, 0.6) is 0 Å². The molecule has 0 radical (unpaired) electrons. The van der Waals surface area contributed by atoms with Crippen molar-refractivity contribution < 1.29 is 28.3 Å². The van der Waals surface area contributed by atoms with Crippen LogP contribution < -0.4 is 10.6 Å². The molecule has 1 spiro atoms. The number of aromatic nitrogens is 2. The van der Waals surface area contributed by atoms with E-state index in [1.54, 1.807) is 18.2 Å². The number of nitrogens with one attached hydrogen (secondary N) is 2. The number of carbonyl (C=O) groups excluding carboxylic acids is 2. The monoisotopic (exact) mass is 547 g/mol. The van der Waals surface area contributed by atoms with Gasteiger partial charge in [-0.3, -0.25) is 29.3 Å². The standard InChI is InChI=1S/C24H17Cl2F2N5O4/c25-10-6-11-18(12(26)7-10)32-22(37)24(11)17(21(35)36)16(15-8-23(27,28)9-33(15)24)20(34)31-14-3-1-2-13-19(14)30-5-4-29-13/h1-7,15-17H,8-9H2,(H,31,34)(H,32,37)(H,35,36)/t15-,16+,17-,24+/m1/s1. The summed E-state index contributed by atoms with van der Waals surface area (Å²) in [7, 11) is 0. The zero-order valence-electron chi connectivity index (χ0n) is 18.7. The molecule has 190 valence electrons. The molecule has 37 heavy (non-hydrogen) atoms. The van der Waals surface area contributed by atoms with Gasteiger partial charge in [-0.15, -0.1) is 0 Å². The molecule has 3 aromatic rings. The first-order valence-corrected chi connectivity index (χ1v) is 12.0. The fourth-order valence-corrected chi connectivity index (χ4v) is 6.65. The molecule has 6 rings (SSSR count). The summed E-state index contributed by atoms with van der Waals surface area (Å²) < 4.78 is 29.7. The summed E-state index contributed by atoms with van der Waals surface area (Å²) in [6.07, 6.45) is 2.10. The van der Waals surface area contributed by atoms with Crippen LogP contribution in [0.2, 0.25) is 10.0 Å². The van der Waals surface area contributed by atoms with E-state index in [0.717, 1.165) is 4.90 Å². The number of aliphatic carboxylic acids is 1. The quantitative estimate of drug-likeness (QED) is 0.455. The minimum absolute atomic E-state index is 0.0293. The van der Waals surface area contributed by atoms with Gasteiger partial charge in [-0.25, -0.2) is 8.78 Å². The zero-order chi connectivity index (χ0) is 26.3. The molecule has 0 aliphatic carbocycles. The van der Waals surface area contributed by atoms with Gasteiger partial charge >= 0.3 is 5.97 Å². The van der Waals surface area contributed by atoms with E-state index in [4.69, 9.17) is 23.2 Å². The van der Waals surface area contributed by atoms with Crippen molar-refractivity contribution in [1.82, 2.24) is 14.9 Å². The summed E-state index contributed by atoms with van der Waals surface area (Å²) in [5.41, 5.74) is -0.937. The first-order chi connectivity index (χ1) is 17.5. The summed E-state index contributed by atoms with van der Waals surface area (Å²) in [6.45, 7) is -0.915. The number of halogens is 4. The second-order valence-electron chi connectivity index (χ2n) is 9.35. The van der Waals surface area contributed by atoms with E-state index in [2.05, 4.69) is 20.6 Å². The van der Waals surface area contributed by atoms with Gasteiger partial charge in [0, 0.05) is 35.4 Å². The van der Waals surface area contributed by atoms with Gasteiger partial charge in [-0.2, -0.15) is 0 Å². The van der Waals surface area contributed by atoms with E-state index in [-0.39, 0.29) is 27.0 Å². The molecule has 0 bridgehead atoms. The topological polar surface area (TPSA) is 125 Å². The third-order valence-corrected chi connectivity index (χ3v) is 7.88. The van der Waals surface area contributed by atoms with Crippen LogP contribution in [0.25, 0.3) is 11.0 Å². The number of benzene rings is 2. The fraction of sp³-hybridized carbons (Fsp3) is 0.292. The Labute approximate surface area is 217 Å². The first-order valence-electron chi connectivity index (χ1n) is 11.2. The number of rotatable bonds is 3. The Morgan fingerprint density at radius 2 is 1.95 bits per heavy atom. The highest BCUT2D eigenvalue weighted by atomic mass is 35.5. The molecule has 13 heteroatoms. The molecule has 2 aromatic carbocycles. The highest BCUT2D eigenvalue weighted by molar-refractivity contribution is 6.38. The lowest BCUT2D eigenvalue weighted by molar-refractivity contribution is -0.153. The van der Waals surface area contributed by atoms with E-state index in [9.17, 15) is 28.3 Å². The van der Waals surface area contributed by atoms with Crippen molar-refractivity contribution in [2.75, 3.05) is 17.2 Å². The average molecular weight is 548 g/mol. The number of fused-ring (bicyclic) bond motifs is 5. The van der Waals surface area contributed by atoms with Crippen LogP contribution in [0.1, 0.15) is 12.0 Å². The summed E-state index contributed by atoms with van der Waals surface area (Å²) in [4.78, 5) is 49.6. The molecule has 3 aliphatic rings. The number of carboxylic acids is 1. The van der Waals surface area contributed by atoms with Gasteiger partial charge in [0.1, 0.15) is 17.0 Å². The third kappa shape index (κ3) is 3.34. The molecular formula is C24H17Cl2F2N5O4. The number of carboxylic acid groups (broad SMARTS) is 1. The fourth-order valence-electron chi connectivity index (χ4n) is 6.11. The maximum Gasteiger partial charge on any atom is 0.310 e. The molecule has 4 heterocycles. The summed E-state index contributed by atoms with van der Waals surface area (Å²) in [5, 5.41) is 15.7. The molecule has 3 N–H and O–H groups in total. The number of anilines is 2. The molecule has 2 amide bonds. The highest BCUT2D eigenvalue weighted by Gasteiger charge is 2.74. The number of hydrogen-bond acceptors (Lipinski definition) is 6. The van der Waals surface area contributed by atoms with Crippen LogP contribution in [-0.2, 0) is 19.9 Å². The Balaban J connectivity index is 1.52. The van der Waals surface area contributed by atoms with Crippen LogP contribution in [-0.4, -0.2) is 56.3 Å². The Morgan fingerprint density at radius 1 is 1.19 bits per heavy atom. The van der Waals surface area contributed by atoms with Gasteiger partial charge in [0.2, 0.25) is 5.91 Å². The summed E-state index contributed by atoms with van der Waals surface area (Å²) in [5.74, 6) is -9.68. The van der Waals surface area contributed by atoms with Gasteiger partial charge in [-0.05, 0) is 24.3 Å². The van der Waals surface area contributed by atoms with Crippen molar-refractivity contribution in [3.05, 3.63) is 58.3 Å². The SMILES string of the molecule is O=C(Nc1cccc2nccnc12)[C@H]1[C@H]2CC(F)(F)CN2[C@]2(C(=O)Nc3c(Cl)cc(Cl)cc32)[C@H]1C(=O)O. The van der Waals surface area contributed by atoms with E-state index in [0.29, 0.717) is 11.0 Å². The van der Waals surface area contributed by atoms with Gasteiger partial charge < -0.3 is 15.7 Å². The molecule has 4 atom stereocenters. The normalized spacial score (nSPS) is 27.8. The minimum atomic E-state index is -3.27. The zero-order valence-corrected chi connectivity index (χ0v) is 20.2. The molecule has 1 aromatic heterocycles. The van der Waals surface area contributed by atoms with Crippen molar-refractivity contribution in [2.24, 2.45) is 11.8 Å². The average Bonchev–Trinajstić information content (AvgIpc) is 3.40. The number of hydrogen-bond donors (Lipinski definition) is 3. The number of alkyl halides is 2. The van der Waals surface area contributed by atoms with Gasteiger partial charge in [0.05, 0.1) is 34.4 Å². The van der Waals surface area contributed by atoms with Gasteiger partial charge in [0.25, 0.3) is 11.8 Å². The van der Waals surface area contributed by atoms with E-state index in [1.807, 2.05) is 0 Å². The number of amides is 2. The minimum Gasteiger partial charge on any atom is -0.481 e. The lowest BCUT2D eigenvalue weighted by Crippen LogP contribution is -2.54. The Hall–Kier alpha value is -3.41. The van der Waals surface area contributed by atoms with E-state index >= 15 is 0 Å². The van der Waals surface area contributed by atoms with Gasteiger partial charge in [0.15, 0.2) is 0 Å². The van der Waals surface area contributed by atoms with E-state index < -0.39 is 60.1 Å². The Morgan fingerprint density at radius 3 is 2.70 bits per heavy atom. The first kappa shape index (κ1) is 24.0. The smallest absolute Gasteiger partial charge is 0.310 e. The Kier molecular flexibility index (Phi) is 5.21. The summed E-state index contributed by atoms with van der Waals surface area (Å²) >= 11 is 12.5. The van der Waals surface area contributed by atoms with Crippen LogP contribution in [0.3, 0.4) is 0 Å². The second kappa shape index (κ2) is 8.04.